The van der Waals surface area contributed by atoms with Crippen LogP contribution in [0.4, 0.5) is 0 Å². The van der Waals surface area contributed by atoms with Crippen molar-refractivity contribution in [3.05, 3.63) is 64.2 Å². The van der Waals surface area contributed by atoms with Crippen molar-refractivity contribution in [1.82, 2.24) is 9.62 Å². The zero-order valence-corrected chi connectivity index (χ0v) is 19.9. The Morgan fingerprint density at radius 1 is 0.968 bits per heavy atom. The van der Waals surface area contributed by atoms with Crippen molar-refractivity contribution < 1.29 is 13.2 Å². The highest BCUT2D eigenvalue weighted by molar-refractivity contribution is 7.89. The average Bonchev–Trinajstić information content (AvgIpc) is 2.75. The molecule has 2 aromatic rings. The summed E-state index contributed by atoms with van der Waals surface area (Å²) in [5.41, 5.74) is 5.76. The van der Waals surface area contributed by atoms with Gasteiger partial charge in [-0.15, -0.1) is 0 Å². The molecule has 1 amide bonds. The lowest BCUT2D eigenvalue weighted by atomic mass is 9.96. The van der Waals surface area contributed by atoms with Crippen molar-refractivity contribution in [3.8, 4) is 0 Å². The predicted molar refractivity (Wildman–Crippen MR) is 125 cm³/mol. The van der Waals surface area contributed by atoms with Gasteiger partial charge in [0.1, 0.15) is 0 Å². The Kier molecular flexibility index (Phi) is 7.55. The first kappa shape index (κ1) is 23.5. The fourth-order valence-electron chi connectivity index (χ4n) is 4.18. The summed E-state index contributed by atoms with van der Waals surface area (Å²) in [4.78, 5) is 12.8. The molecular formula is C25H34N2O3S. The normalized spacial score (nSPS) is 16.1. The van der Waals surface area contributed by atoms with Gasteiger partial charge in [-0.25, -0.2) is 8.42 Å². The lowest BCUT2D eigenvalue weighted by Crippen LogP contribution is -2.35. The fourth-order valence-corrected chi connectivity index (χ4v) is 5.70. The highest BCUT2D eigenvalue weighted by atomic mass is 32.2. The molecule has 5 nitrogen and oxygen atoms in total. The van der Waals surface area contributed by atoms with Crippen LogP contribution in [0.25, 0.3) is 0 Å². The molecular weight excluding hydrogens is 408 g/mol. The Labute approximate surface area is 186 Å². The molecule has 1 atom stereocenters. The Hall–Kier alpha value is -2.18. The van der Waals surface area contributed by atoms with Gasteiger partial charge in [-0.3, -0.25) is 4.79 Å². The molecule has 6 heteroatoms. The van der Waals surface area contributed by atoms with E-state index in [1.165, 1.54) is 16.7 Å². The molecule has 0 radical (unpaired) electrons. The predicted octanol–water partition coefficient (Wildman–Crippen LogP) is 4.60. The first-order valence-electron chi connectivity index (χ1n) is 11.1. The van der Waals surface area contributed by atoms with Gasteiger partial charge in [0.25, 0.3) is 0 Å². The summed E-state index contributed by atoms with van der Waals surface area (Å²) < 4.78 is 27.1. The Morgan fingerprint density at radius 2 is 1.58 bits per heavy atom. The Bertz CT molecular complexity index is 1020. The van der Waals surface area contributed by atoms with Crippen LogP contribution in [-0.4, -0.2) is 31.7 Å². The Morgan fingerprint density at radius 3 is 2.23 bits per heavy atom. The van der Waals surface area contributed by atoms with Crippen molar-refractivity contribution in [2.75, 3.05) is 13.1 Å². The molecule has 31 heavy (non-hydrogen) atoms. The van der Waals surface area contributed by atoms with Gasteiger partial charge in [0.2, 0.25) is 15.9 Å². The second-order valence-electron chi connectivity index (χ2n) is 8.69. The standard InChI is InChI=1S/C25H34N2O3S/c1-18-16-20(3)24(17-19(18)2)21(4)26-25(28)13-10-22-8-11-23(12-9-22)31(29,30)27-14-6-5-7-15-27/h8-9,11-12,16-17,21H,5-7,10,13-15H2,1-4H3,(H,26,28). The van der Waals surface area contributed by atoms with E-state index in [0.717, 1.165) is 30.4 Å². The van der Waals surface area contributed by atoms with Crippen LogP contribution in [0.2, 0.25) is 0 Å². The van der Waals surface area contributed by atoms with Gasteiger partial charge in [-0.05, 0) is 86.9 Å². The van der Waals surface area contributed by atoms with Crippen molar-refractivity contribution in [2.24, 2.45) is 0 Å². The molecule has 3 rings (SSSR count). The molecule has 0 aliphatic carbocycles. The van der Waals surface area contributed by atoms with Crippen LogP contribution in [-0.2, 0) is 21.2 Å². The third-order valence-corrected chi connectivity index (χ3v) is 8.16. The van der Waals surface area contributed by atoms with Crippen LogP contribution in [0.3, 0.4) is 0 Å². The zero-order chi connectivity index (χ0) is 22.6. The van der Waals surface area contributed by atoms with Gasteiger partial charge in [-0.1, -0.05) is 30.7 Å². The highest BCUT2D eigenvalue weighted by Gasteiger charge is 2.25. The maximum atomic E-state index is 12.8. The van der Waals surface area contributed by atoms with Gasteiger partial charge < -0.3 is 5.32 Å². The number of hydrogen-bond acceptors (Lipinski definition) is 3. The quantitative estimate of drug-likeness (QED) is 0.682. The molecule has 1 fully saturated rings. The van der Waals surface area contributed by atoms with E-state index in [0.29, 0.717) is 30.8 Å². The van der Waals surface area contributed by atoms with Crippen molar-refractivity contribution in [2.45, 2.75) is 70.7 Å². The van der Waals surface area contributed by atoms with Crippen LogP contribution in [0.5, 0.6) is 0 Å². The number of sulfonamides is 1. The van der Waals surface area contributed by atoms with E-state index in [1.54, 1.807) is 16.4 Å². The summed E-state index contributed by atoms with van der Waals surface area (Å²) >= 11 is 0. The SMILES string of the molecule is Cc1cc(C)c(C(C)NC(=O)CCc2ccc(S(=O)(=O)N3CCCCC3)cc2)cc1C. The number of carbonyl (C=O) groups excluding carboxylic acids is 1. The van der Waals surface area contributed by atoms with Crippen LogP contribution in [0.15, 0.2) is 41.3 Å². The highest BCUT2D eigenvalue weighted by Crippen LogP contribution is 2.23. The number of hydrogen-bond donors (Lipinski definition) is 1. The molecule has 0 spiro atoms. The van der Waals surface area contributed by atoms with E-state index in [2.05, 4.69) is 38.2 Å². The van der Waals surface area contributed by atoms with Crippen LogP contribution in [0, 0.1) is 20.8 Å². The second kappa shape index (κ2) is 9.96. The number of amides is 1. The Balaban J connectivity index is 1.56. The third kappa shape index (κ3) is 5.74. The minimum atomic E-state index is -3.41. The van der Waals surface area contributed by atoms with E-state index < -0.39 is 10.0 Å². The average molecular weight is 443 g/mol. The summed E-state index contributed by atoms with van der Waals surface area (Å²) in [5.74, 6) is -0.00450. The first-order chi connectivity index (χ1) is 14.7. The van der Waals surface area contributed by atoms with Gasteiger partial charge in [0, 0.05) is 19.5 Å². The summed E-state index contributed by atoms with van der Waals surface area (Å²) in [7, 11) is -3.41. The fraction of sp³-hybridized carbons (Fsp3) is 0.480. The zero-order valence-electron chi connectivity index (χ0n) is 19.1. The molecule has 1 aliphatic rings. The largest absolute Gasteiger partial charge is 0.350 e. The molecule has 1 heterocycles. The van der Waals surface area contributed by atoms with E-state index in [-0.39, 0.29) is 11.9 Å². The molecule has 0 aromatic heterocycles. The maximum Gasteiger partial charge on any atom is 0.243 e. The molecule has 1 unspecified atom stereocenters. The number of nitrogens with zero attached hydrogens (tertiary/aromatic N) is 1. The maximum absolute atomic E-state index is 12.8. The molecule has 1 saturated heterocycles. The van der Waals surface area contributed by atoms with Crippen LogP contribution in [0.1, 0.15) is 66.5 Å². The van der Waals surface area contributed by atoms with E-state index in [4.69, 9.17) is 0 Å². The molecule has 1 aliphatic heterocycles. The van der Waals surface area contributed by atoms with Crippen molar-refractivity contribution in [3.63, 3.8) is 0 Å². The number of piperidine rings is 1. The lowest BCUT2D eigenvalue weighted by Gasteiger charge is -2.25. The van der Waals surface area contributed by atoms with Crippen LogP contribution < -0.4 is 5.32 Å². The van der Waals surface area contributed by atoms with Crippen molar-refractivity contribution >= 4 is 15.9 Å². The molecule has 0 saturated carbocycles. The minimum absolute atomic E-state index is 0.00450. The number of carbonyl (C=O) groups is 1. The monoisotopic (exact) mass is 442 g/mol. The second-order valence-corrected chi connectivity index (χ2v) is 10.6. The number of rotatable bonds is 7. The number of aryl methyl sites for hydroxylation is 4. The summed E-state index contributed by atoms with van der Waals surface area (Å²) in [6.45, 7) is 9.46. The molecule has 2 aromatic carbocycles. The summed E-state index contributed by atoms with van der Waals surface area (Å²) in [6, 6.07) is 11.2. The number of benzene rings is 2. The number of nitrogens with one attached hydrogen (secondary N) is 1. The van der Waals surface area contributed by atoms with Gasteiger partial charge in [0.05, 0.1) is 10.9 Å². The lowest BCUT2D eigenvalue weighted by molar-refractivity contribution is -0.121. The first-order valence-corrected chi connectivity index (χ1v) is 12.6. The van der Waals surface area contributed by atoms with Gasteiger partial charge >= 0.3 is 0 Å². The topological polar surface area (TPSA) is 66.5 Å². The van der Waals surface area contributed by atoms with Gasteiger partial charge in [0.15, 0.2) is 0 Å². The smallest absolute Gasteiger partial charge is 0.243 e. The summed E-state index contributed by atoms with van der Waals surface area (Å²) in [5, 5.41) is 3.09. The molecule has 0 bridgehead atoms. The molecule has 168 valence electrons. The third-order valence-electron chi connectivity index (χ3n) is 6.24. The van der Waals surface area contributed by atoms with Crippen LogP contribution >= 0.6 is 0 Å². The van der Waals surface area contributed by atoms with Gasteiger partial charge in [-0.2, -0.15) is 4.31 Å². The van der Waals surface area contributed by atoms with E-state index >= 15 is 0 Å². The van der Waals surface area contributed by atoms with E-state index in [1.807, 2.05) is 19.1 Å². The van der Waals surface area contributed by atoms with E-state index in [9.17, 15) is 13.2 Å². The summed E-state index contributed by atoms with van der Waals surface area (Å²) in [6.07, 6.45) is 3.88. The molecule has 1 N–H and O–H groups in total. The van der Waals surface area contributed by atoms with Crippen molar-refractivity contribution in [1.29, 1.82) is 0 Å². The minimum Gasteiger partial charge on any atom is -0.350 e.